The number of carboxylic acids is 1. The second-order valence-corrected chi connectivity index (χ2v) is 5.81. The van der Waals surface area contributed by atoms with Crippen molar-refractivity contribution < 1.29 is 18.7 Å². The second kappa shape index (κ2) is 7.01. The average molecular weight is 369 g/mol. The zero-order valence-corrected chi connectivity index (χ0v) is 13.3. The average Bonchev–Trinajstić information content (AvgIpc) is 2.50. The van der Waals surface area contributed by atoms with E-state index < -0.39 is 23.0 Å². The lowest BCUT2D eigenvalue weighted by Crippen LogP contribution is -2.37. The van der Waals surface area contributed by atoms with E-state index >= 15 is 0 Å². The van der Waals surface area contributed by atoms with Gasteiger partial charge in [0.05, 0.1) is 0 Å². The third kappa shape index (κ3) is 3.19. The Bertz CT molecular complexity index is 593. The van der Waals surface area contributed by atoms with Gasteiger partial charge >= 0.3 is 5.97 Å². The Morgan fingerprint density at radius 2 is 1.36 bits per heavy atom. The Morgan fingerprint density at radius 3 is 1.68 bits per heavy atom. The Kier molecular flexibility index (Phi) is 5.29. The first-order valence-corrected chi connectivity index (χ1v) is 7.94. The minimum absolute atomic E-state index is 0.324. The standard InChI is InChI=1S/C17H15BrF2O2/c18-11-1-10-17(16(21)22,12-2-6-14(19)7-3-12)13-4-8-15(20)9-5-13/h2-9H,1,10-11H2,(H,21,22). The van der Waals surface area contributed by atoms with E-state index in [2.05, 4.69) is 15.9 Å². The predicted octanol–water partition coefficient (Wildman–Crippen LogP) is 4.51. The molecule has 5 heteroatoms. The molecule has 2 nitrogen and oxygen atoms in total. The van der Waals surface area contributed by atoms with Crippen molar-refractivity contribution in [2.45, 2.75) is 18.3 Å². The number of rotatable bonds is 6. The summed E-state index contributed by atoms with van der Waals surface area (Å²) in [6, 6.07) is 10.9. The van der Waals surface area contributed by atoms with E-state index in [0.717, 1.165) is 0 Å². The number of benzene rings is 2. The van der Waals surface area contributed by atoms with Gasteiger partial charge in [0.15, 0.2) is 0 Å². The molecule has 116 valence electrons. The molecule has 0 aliphatic rings. The van der Waals surface area contributed by atoms with Gasteiger partial charge in [-0.25, -0.2) is 8.78 Å². The minimum Gasteiger partial charge on any atom is -0.480 e. The van der Waals surface area contributed by atoms with Crippen molar-refractivity contribution in [1.29, 1.82) is 0 Å². The number of hydrogen-bond donors (Lipinski definition) is 1. The van der Waals surface area contributed by atoms with E-state index in [1.165, 1.54) is 48.5 Å². The van der Waals surface area contributed by atoms with Crippen LogP contribution in [-0.2, 0) is 10.2 Å². The van der Waals surface area contributed by atoms with Crippen molar-refractivity contribution in [2.75, 3.05) is 5.33 Å². The normalized spacial score (nSPS) is 11.4. The van der Waals surface area contributed by atoms with Crippen molar-refractivity contribution in [3.05, 3.63) is 71.3 Å². The molecule has 0 aliphatic heterocycles. The molecule has 0 amide bonds. The minimum atomic E-state index is -1.32. The first kappa shape index (κ1) is 16.6. The summed E-state index contributed by atoms with van der Waals surface area (Å²) < 4.78 is 26.4. The summed E-state index contributed by atoms with van der Waals surface area (Å²) in [7, 11) is 0. The van der Waals surface area contributed by atoms with Crippen LogP contribution in [0.4, 0.5) is 8.78 Å². The van der Waals surface area contributed by atoms with Crippen LogP contribution in [0.2, 0.25) is 0 Å². The van der Waals surface area contributed by atoms with Crippen LogP contribution >= 0.6 is 15.9 Å². The molecule has 0 saturated heterocycles. The topological polar surface area (TPSA) is 37.3 Å². The third-order valence-electron chi connectivity index (χ3n) is 3.72. The lowest BCUT2D eigenvalue weighted by molar-refractivity contribution is -0.142. The van der Waals surface area contributed by atoms with Gasteiger partial charge in [-0.2, -0.15) is 0 Å². The largest absolute Gasteiger partial charge is 0.480 e. The van der Waals surface area contributed by atoms with E-state index in [0.29, 0.717) is 29.3 Å². The molecule has 0 aromatic heterocycles. The first-order valence-electron chi connectivity index (χ1n) is 6.82. The van der Waals surface area contributed by atoms with Crippen LogP contribution in [0.3, 0.4) is 0 Å². The van der Waals surface area contributed by atoms with Crippen molar-refractivity contribution in [2.24, 2.45) is 0 Å². The molecule has 2 rings (SSSR count). The molecule has 1 N–H and O–H groups in total. The summed E-state index contributed by atoms with van der Waals surface area (Å²) >= 11 is 3.31. The summed E-state index contributed by atoms with van der Waals surface area (Å²) in [5, 5.41) is 10.5. The molecule has 0 bridgehead atoms. The number of aliphatic carboxylic acids is 1. The molecule has 2 aromatic rings. The van der Waals surface area contributed by atoms with Crippen LogP contribution in [0.15, 0.2) is 48.5 Å². The zero-order chi connectivity index (χ0) is 16.2. The van der Waals surface area contributed by atoms with Gasteiger partial charge in [0.2, 0.25) is 0 Å². The highest BCUT2D eigenvalue weighted by molar-refractivity contribution is 9.09. The summed E-state index contributed by atoms with van der Waals surface area (Å²) in [6.07, 6.45) is 0.936. The predicted molar refractivity (Wildman–Crippen MR) is 84.2 cm³/mol. The van der Waals surface area contributed by atoms with Gasteiger partial charge in [-0.15, -0.1) is 0 Å². The fourth-order valence-corrected chi connectivity index (χ4v) is 2.89. The summed E-state index contributed by atoms with van der Waals surface area (Å²) in [6.45, 7) is 0. The van der Waals surface area contributed by atoms with Gasteiger partial charge in [-0.3, -0.25) is 4.79 Å². The lowest BCUT2D eigenvalue weighted by Gasteiger charge is -2.30. The van der Waals surface area contributed by atoms with Crippen molar-refractivity contribution >= 4 is 21.9 Å². The van der Waals surface area contributed by atoms with E-state index in [1.54, 1.807) is 0 Å². The van der Waals surface area contributed by atoms with Crippen molar-refractivity contribution in [3.63, 3.8) is 0 Å². The summed E-state index contributed by atoms with van der Waals surface area (Å²) in [4.78, 5) is 12.1. The number of alkyl halides is 1. The Hall–Kier alpha value is -1.75. The van der Waals surface area contributed by atoms with Crippen molar-refractivity contribution in [1.82, 2.24) is 0 Å². The smallest absolute Gasteiger partial charge is 0.318 e. The molecule has 0 fully saturated rings. The van der Waals surface area contributed by atoms with Gasteiger partial charge in [-0.1, -0.05) is 40.2 Å². The molecule has 0 heterocycles. The Morgan fingerprint density at radius 1 is 0.955 bits per heavy atom. The van der Waals surface area contributed by atoms with E-state index in [9.17, 15) is 18.7 Å². The molecule has 22 heavy (non-hydrogen) atoms. The van der Waals surface area contributed by atoms with Crippen LogP contribution in [-0.4, -0.2) is 16.4 Å². The van der Waals surface area contributed by atoms with Gasteiger partial charge in [-0.05, 0) is 48.2 Å². The molecule has 0 saturated carbocycles. The highest BCUT2D eigenvalue weighted by Gasteiger charge is 2.41. The first-order chi connectivity index (χ1) is 10.5. The number of carboxylic acid groups (broad SMARTS) is 1. The van der Waals surface area contributed by atoms with Gasteiger partial charge in [0, 0.05) is 5.33 Å². The fraction of sp³-hybridized carbons (Fsp3) is 0.235. The SMILES string of the molecule is O=C(O)C(CCCBr)(c1ccc(F)cc1)c1ccc(F)cc1. The summed E-state index contributed by atoms with van der Waals surface area (Å²) in [5.74, 6) is -1.89. The lowest BCUT2D eigenvalue weighted by atomic mass is 9.71. The van der Waals surface area contributed by atoms with Crippen LogP contribution < -0.4 is 0 Å². The molecule has 0 spiro atoms. The molecule has 0 unspecified atom stereocenters. The molecule has 0 atom stereocenters. The monoisotopic (exact) mass is 368 g/mol. The maximum absolute atomic E-state index is 13.2. The second-order valence-electron chi connectivity index (χ2n) is 5.02. The van der Waals surface area contributed by atoms with Crippen molar-refractivity contribution in [3.8, 4) is 0 Å². The number of carbonyl (C=O) groups is 1. The fourth-order valence-electron chi connectivity index (χ4n) is 2.61. The maximum atomic E-state index is 13.2. The highest BCUT2D eigenvalue weighted by atomic mass is 79.9. The van der Waals surface area contributed by atoms with Gasteiger partial charge in [0.1, 0.15) is 17.0 Å². The number of halogens is 3. The Balaban J connectivity index is 2.62. The van der Waals surface area contributed by atoms with Crippen LogP contribution in [0.1, 0.15) is 24.0 Å². The Labute approximate surface area is 135 Å². The van der Waals surface area contributed by atoms with Crippen LogP contribution in [0, 0.1) is 11.6 Å². The summed E-state index contributed by atoms with van der Waals surface area (Å²) in [5.41, 5.74) is -0.363. The maximum Gasteiger partial charge on any atom is 0.318 e. The van der Waals surface area contributed by atoms with Crippen LogP contribution in [0.5, 0.6) is 0 Å². The number of hydrogen-bond acceptors (Lipinski definition) is 1. The zero-order valence-electron chi connectivity index (χ0n) is 11.7. The molecule has 2 aromatic carbocycles. The molecular weight excluding hydrogens is 354 g/mol. The third-order valence-corrected chi connectivity index (χ3v) is 4.29. The molecular formula is C17H15BrF2O2. The van der Waals surface area contributed by atoms with E-state index in [-0.39, 0.29) is 0 Å². The quantitative estimate of drug-likeness (QED) is 0.761. The van der Waals surface area contributed by atoms with E-state index in [1.807, 2.05) is 0 Å². The molecule has 0 aliphatic carbocycles. The van der Waals surface area contributed by atoms with Gasteiger partial charge < -0.3 is 5.11 Å². The van der Waals surface area contributed by atoms with Gasteiger partial charge in [0.25, 0.3) is 0 Å². The van der Waals surface area contributed by atoms with E-state index in [4.69, 9.17) is 0 Å². The molecule has 0 radical (unpaired) electrons. The highest BCUT2D eigenvalue weighted by Crippen LogP contribution is 2.37. The van der Waals surface area contributed by atoms with Crippen LogP contribution in [0.25, 0.3) is 0 Å².